The zero-order valence-corrected chi connectivity index (χ0v) is 13.4. The standard InChI is InChI=1S/C15H11ClINO2/c16-11-3-1-10(2-4-11)8-18-13-7-12(17)5-6-14(13)20-9-15(18)19/h1-7H,8-9H2. The molecule has 102 valence electrons. The van der Waals surface area contributed by atoms with Crippen molar-refractivity contribution in [3.8, 4) is 5.75 Å². The van der Waals surface area contributed by atoms with Crippen LogP contribution in [0.15, 0.2) is 42.5 Å². The van der Waals surface area contributed by atoms with Gasteiger partial charge < -0.3 is 9.64 Å². The number of hydrogen-bond donors (Lipinski definition) is 0. The van der Waals surface area contributed by atoms with Crippen molar-refractivity contribution in [2.45, 2.75) is 6.54 Å². The number of hydrogen-bond acceptors (Lipinski definition) is 2. The summed E-state index contributed by atoms with van der Waals surface area (Å²) in [5.41, 5.74) is 1.86. The van der Waals surface area contributed by atoms with Crippen molar-refractivity contribution in [3.63, 3.8) is 0 Å². The fourth-order valence-electron chi connectivity index (χ4n) is 2.12. The molecule has 1 amide bonds. The van der Waals surface area contributed by atoms with Crippen LogP contribution < -0.4 is 9.64 Å². The summed E-state index contributed by atoms with van der Waals surface area (Å²) in [7, 11) is 0. The second-order valence-electron chi connectivity index (χ2n) is 4.51. The van der Waals surface area contributed by atoms with Gasteiger partial charge in [0.25, 0.3) is 5.91 Å². The molecule has 0 spiro atoms. The molecule has 1 aliphatic heterocycles. The molecule has 0 saturated heterocycles. The Hall–Kier alpha value is -1.27. The van der Waals surface area contributed by atoms with E-state index in [2.05, 4.69) is 22.6 Å². The van der Waals surface area contributed by atoms with Gasteiger partial charge >= 0.3 is 0 Å². The summed E-state index contributed by atoms with van der Waals surface area (Å²) in [6.45, 7) is 0.605. The summed E-state index contributed by atoms with van der Waals surface area (Å²) < 4.78 is 6.53. The number of carbonyl (C=O) groups is 1. The maximum absolute atomic E-state index is 12.1. The van der Waals surface area contributed by atoms with Crippen molar-refractivity contribution >= 4 is 45.8 Å². The van der Waals surface area contributed by atoms with E-state index < -0.39 is 0 Å². The minimum Gasteiger partial charge on any atom is -0.482 e. The Balaban J connectivity index is 1.94. The molecule has 1 heterocycles. The molecular weight excluding hydrogens is 389 g/mol. The van der Waals surface area contributed by atoms with Gasteiger partial charge in [-0.1, -0.05) is 23.7 Å². The SMILES string of the molecule is O=C1COc2ccc(I)cc2N1Cc1ccc(Cl)cc1. The summed E-state index contributed by atoms with van der Waals surface area (Å²) in [4.78, 5) is 13.9. The second-order valence-corrected chi connectivity index (χ2v) is 6.19. The minimum absolute atomic E-state index is 0.0329. The number of halogens is 2. The van der Waals surface area contributed by atoms with E-state index in [4.69, 9.17) is 16.3 Å². The zero-order chi connectivity index (χ0) is 14.1. The molecule has 0 saturated carbocycles. The van der Waals surface area contributed by atoms with Crippen LogP contribution in [0.5, 0.6) is 5.75 Å². The van der Waals surface area contributed by atoms with Gasteiger partial charge in [-0.25, -0.2) is 0 Å². The van der Waals surface area contributed by atoms with E-state index in [0.717, 1.165) is 20.6 Å². The monoisotopic (exact) mass is 399 g/mol. The third kappa shape index (κ3) is 2.76. The number of benzene rings is 2. The summed E-state index contributed by atoms with van der Waals surface area (Å²) in [6, 6.07) is 13.4. The highest BCUT2D eigenvalue weighted by molar-refractivity contribution is 14.1. The van der Waals surface area contributed by atoms with Crippen LogP contribution >= 0.6 is 34.2 Å². The molecule has 0 bridgehead atoms. The van der Waals surface area contributed by atoms with Crippen LogP contribution in [0.25, 0.3) is 0 Å². The first-order chi connectivity index (χ1) is 9.63. The predicted octanol–water partition coefficient (Wildman–Crippen LogP) is 3.87. The van der Waals surface area contributed by atoms with E-state index in [9.17, 15) is 4.79 Å². The molecule has 5 heteroatoms. The maximum atomic E-state index is 12.1. The fraction of sp³-hybridized carbons (Fsp3) is 0.133. The molecule has 0 N–H and O–H groups in total. The van der Waals surface area contributed by atoms with Crippen molar-refractivity contribution in [2.75, 3.05) is 11.5 Å². The molecular formula is C15H11ClINO2. The molecule has 3 rings (SSSR count). The van der Waals surface area contributed by atoms with Crippen LogP contribution in [-0.2, 0) is 11.3 Å². The first kappa shape index (κ1) is 13.7. The average molecular weight is 400 g/mol. The first-order valence-corrected chi connectivity index (χ1v) is 7.56. The van der Waals surface area contributed by atoms with Gasteiger partial charge in [-0.15, -0.1) is 0 Å². The number of ether oxygens (including phenoxy) is 1. The Morgan fingerprint density at radius 2 is 1.95 bits per heavy atom. The molecule has 0 aliphatic carbocycles. The van der Waals surface area contributed by atoms with E-state index in [0.29, 0.717) is 11.6 Å². The summed E-state index contributed by atoms with van der Waals surface area (Å²) in [5.74, 6) is 0.716. The van der Waals surface area contributed by atoms with Crippen LogP contribution in [-0.4, -0.2) is 12.5 Å². The zero-order valence-electron chi connectivity index (χ0n) is 10.5. The Morgan fingerprint density at radius 3 is 2.70 bits per heavy atom. The molecule has 2 aromatic rings. The minimum atomic E-state index is -0.0329. The van der Waals surface area contributed by atoms with Crippen molar-refractivity contribution in [1.29, 1.82) is 0 Å². The summed E-state index contributed by atoms with van der Waals surface area (Å²) >= 11 is 8.11. The lowest BCUT2D eigenvalue weighted by Crippen LogP contribution is -2.38. The topological polar surface area (TPSA) is 29.5 Å². The van der Waals surface area contributed by atoms with Crippen molar-refractivity contribution in [2.24, 2.45) is 0 Å². The third-order valence-electron chi connectivity index (χ3n) is 3.12. The Labute approximate surface area is 135 Å². The van der Waals surface area contributed by atoms with Crippen LogP contribution in [0.4, 0.5) is 5.69 Å². The Morgan fingerprint density at radius 1 is 1.20 bits per heavy atom. The number of nitrogens with zero attached hydrogens (tertiary/aromatic N) is 1. The smallest absolute Gasteiger partial charge is 0.265 e. The number of amides is 1. The molecule has 0 radical (unpaired) electrons. The summed E-state index contributed by atoms with van der Waals surface area (Å²) in [5, 5.41) is 0.692. The highest BCUT2D eigenvalue weighted by Crippen LogP contribution is 2.34. The van der Waals surface area contributed by atoms with Gasteiger partial charge in [0.15, 0.2) is 6.61 Å². The van der Waals surface area contributed by atoms with Gasteiger partial charge in [-0.05, 0) is 58.5 Å². The van der Waals surface area contributed by atoms with Crippen LogP contribution in [0.2, 0.25) is 5.02 Å². The van der Waals surface area contributed by atoms with Gasteiger partial charge in [0, 0.05) is 8.59 Å². The van der Waals surface area contributed by atoms with Gasteiger partial charge in [-0.2, -0.15) is 0 Å². The highest BCUT2D eigenvalue weighted by Gasteiger charge is 2.25. The normalized spacial score (nSPS) is 13.9. The van der Waals surface area contributed by atoms with Crippen molar-refractivity contribution in [1.82, 2.24) is 0 Å². The summed E-state index contributed by atoms with van der Waals surface area (Å²) in [6.07, 6.45) is 0. The van der Waals surface area contributed by atoms with Gasteiger partial charge in [0.05, 0.1) is 12.2 Å². The highest BCUT2D eigenvalue weighted by atomic mass is 127. The predicted molar refractivity (Wildman–Crippen MR) is 87.3 cm³/mol. The van der Waals surface area contributed by atoms with E-state index in [1.807, 2.05) is 42.5 Å². The lowest BCUT2D eigenvalue weighted by molar-refractivity contribution is -0.121. The molecule has 0 unspecified atom stereocenters. The van der Waals surface area contributed by atoms with Gasteiger partial charge in [0.1, 0.15) is 5.75 Å². The number of fused-ring (bicyclic) bond motifs is 1. The number of rotatable bonds is 2. The lowest BCUT2D eigenvalue weighted by atomic mass is 10.1. The first-order valence-electron chi connectivity index (χ1n) is 6.10. The largest absolute Gasteiger partial charge is 0.482 e. The molecule has 3 nitrogen and oxygen atoms in total. The quantitative estimate of drug-likeness (QED) is 0.718. The maximum Gasteiger partial charge on any atom is 0.265 e. The Bertz CT molecular complexity index is 657. The van der Waals surface area contributed by atoms with E-state index >= 15 is 0 Å². The van der Waals surface area contributed by atoms with Crippen LogP contribution in [0, 0.1) is 3.57 Å². The third-order valence-corrected chi connectivity index (χ3v) is 4.04. The van der Waals surface area contributed by atoms with Crippen LogP contribution in [0.1, 0.15) is 5.56 Å². The molecule has 20 heavy (non-hydrogen) atoms. The van der Waals surface area contributed by atoms with Gasteiger partial charge in [0.2, 0.25) is 0 Å². The van der Waals surface area contributed by atoms with Crippen LogP contribution in [0.3, 0.4) is 0 Å². The second kappa shape index (κ2) is 5.61. The van der Waals surface area contributed by atoms with E-state index in [1.54, 1.807) is 4.90 Å². The molecule has 0 fully saturated rings. The van der Waals surface area contributed by atoms with E-state index in [1.165, 1.54) is 0 Å². The number of carbonyl (C=O) groups excluding carboxylic acids is 1. The fourth-order valence-corrected chi connectivity index (χ4v) is 2.72. The lowest BCUT2D eigenvalue weighted by Gasteiger charge is -2.29. The average Bonchev–Trinajstić information content (AvgIpc) is 2.44. The molecule has 1 aliphatic rings. The number of anilines is 1. The van der Waals surface area contributed by atoms with E-state index in [-0.39, 0.29) is 12.5 Å². The molecule has 0 aromatic heterocycles. The Kier molecular flexibility index (Phi) is 3.85. The van der Waals surface area contributed by atoms with Crippen molar-refractivity contribution in [3.05, 3.63) is 56.6 Å². The molecule has 0 atom stereocenters. The van der Waals surface area contributed by atoms with Crippen molar-refractivity contribution < 1.29 is 9.53 Å². The van der Waals surface area contributed by atoms with Gasteiger partial charge in [-0.3, -0.25) is 4.79 Å². The molecule has 2 aromatic carbocycles.